The fraction of sp³-hybridized carbons (Fsp3) is 0.400. The second-order valence-corrected chi connectivity index (χ2v) is 8.69. The van der Waals surface area contributed by atoms with E-state index in [2.05, 4.69) is 22.4 Å². The maximum atomic E-state index is 12.6. The summed E-state index contributed by atoms with van der Waals surface area (Å²) in [5.74, 6) is 0.641. The minimum absolute atomic E-state index is 0.0472. The van der Waals surface area contributed by atoms with Crippen molar-refractivity contribution in [1.82, 2.24) is 19.6 Å². The number of ether oxygens (including phenoxy) is 1. The lowest BCUT2D eigenvalue weighted by Gasteiger charge is -2.33. The second kappa shape index (κ2) is 9.12. The number of fused-ring (bicyclic) bond motifs is 1. The molecule has 0 radical (unpaired) electrons. The van der Waals surface area contributed by atoms with Gasteiger partial charge in [0.25, 0.3) is 5.91 Å². The zero-order valence-electron chi connectivity index (χ0n) is 18.1. The summed E-state index contributed by atoms with van der Waals surface area (Å²) in [5.41, 5.74) is 3.77. The summed E-state index contributed by atoms with van der Waals surface area (Å²) in [6.07, 6.45) is 8.36. The third-order valence-corrected chi connectivity index (χ3v) is 6.65. The molecule has 0 spiro atoms. The van der Waals surface area contributed by atoms with Gasteiger partial charge in [-0.25, -0.2) is 4.98 Å². The highest BCUT2D eigenvalue weighted by atomic mass is 16.5. The normalized spacial score (nSPS) is 19.4. The Kier molecular flexibility index (Phi) is 5.90. The van der Waals surface area contributed by atoms with E-state index in [1.165, 1.54) is 5.56 Å². The van der Waals surface area contributed by atoms with Gasteiger partial charge in [0.15, 0.2) is 0 Å². The van der Waals surface area contributed by atoms with E-state index in [0.717, 1.165) is 43.6 Å². The van der Waals surface area contributed by atoms with E-state index in [-0.39, 0.29) is 17.7 Å². The molecule has 3 aromatic rings. The Balaban J connectivity index is 1.13. The lowest BCUT2D eigenvalue weighted by atomic mass is 9.88. The third kappa shape index (κ3) is 4.39. The van der Waals surface area contributed by atoms with Crippen molar-refractivity contribution < 1.29 is 14.3 Å². The summed E-state index contributed by atoms with van der Waals surface area (Å²) < 4.78 is 7.30. The van der Waals surface area contributed by atoms with Gasteiger partial charge in [0.05, 0.1) is 12.5 Å². The molecule has 2 aliphatic rings. The first kappa shape index (κ1) is 20.7. The average Bonchev–Trinajstić information content (AvgIpc) is 3.54. The fourth-order valence-electron chi connectivity index (χ4n) is 4.67. The zero-order chi connectivity index (χ0) is 21.9. The van der Waals surface area contributed by atoms with Crippen molar-refractivity contribution in [1.29, 1.82) is 0 Å². The molecule has 4 heterocycles. The Morgan fingerprint density at radius 3 is 2.62 bits per heavy atom. The first-order valence-electron chi connectivity index (χ1n) is 11.3. The number of amides is 2. The molecule has 0 saturated carbocycles. The van der Waals surface area contributed by atoms with E-state index in [9.17, 15) is 9.59 Å². The van der Waals surface area contributed by atoms with Gasteiger partial charge in [-0.2, -0.15) is 0 Å². The van der Waals surface area contributed by atoms with Gasteiger partial charge in [-0.05, 0) is 60.6 Å². The molecule has 2 fully saturated rings. The molecule has 32 heavy (non-hydrogen) atoms. The molecule has 7 nitrogen and oxygen atoms in total. The van der Waals surface area contributed by atoms with E-state index in [1.807, 2.05) is 46.0 Å². The Hall–Kier alpha value is -3.19. The van der Waals surface area contributed by atoms with Crippen molar-refractivity contribution in [3.8, 4) is 0 Å². The molecule has 0 bridgehead atoms. The highest BCUT2D eigenvalue weighted by Crippen LogP contribution is 2.29. The minimum Gasteiger partial charge on any atom is -0.381 e. The number of nitrogens with one attached hydrogen (secondary N) is 1. The number of pyridine rings is 1. The third-order valence-electron chi connectivity index (χ3n) is 6.65. The van der Waals surface area contributed by atoms with Crippen molar-refractivity contribution in [3.63, 3.8) is 0 Å². The molecular weight excluding hydrogens is 404 g/mol. The van der Waals surface area contributed by atoms with E-state index in [0.29, 0.717) is 31.2 Å². The van der Waals surface area contributed by atoms with Crippen LogP contribution in [0.2, 0.25) is 0 Å². The molecule has 7 heteroatoms. The largest absolute Gasteiger partial charge is 0.381 e. The molecule has 2 amide bonds. The van der Waals surface area contributed by atoms with Crippen molar-refractivity contribution in [3.05, 3.63) is 71.7 Å². The average molecular weight is 433 g/mol. The highest BCUT2D eigenvalue weighted by Gasteiger charge is 2.31. The molecule has 5 rings (SSSR count). The number of likely N-dealkylation sites (tertiary alicyclic amines) is 1. The molecule has 0 unspecified atom stereocenters. The van der Waals surface area contributed by atoms with Crippen LogP contribution in [0.15, 0.2) is 55.0 Å². The summed E-state index contributed by atoms with van der Waals surface area (Å²) in [6, 6.07) is 11.9. The summed E-state index contributed by atoms with van der Waals surface area (Å²) >= 11 is 0. The van der Waals surface area contributed by atoms with Crippen LogP contribution in [0.25, 0.3) is 5.65 Å². The van der Waals surface area contributed by atoms with Gasteiger partial charge in [-0.1, -0.05) is 12.1 Å². The van der Waals surface area contributed by atoms with Gasteiger partial charge in [-0.15, -0.1) is 0 Å². The molecule has 1 N–H and O–H groups in total. The summed E-state index contributed by atoms with van der Waals surface area (Å²) in [7, 11) is 0. The van der Waals surface area contributed by atoms with Gasteiger partial charge in [0.2, 0.25) is 5.91 Å². The van der Waals surface area contributed by atoms with Crippen molar-refractivity contribution in [2.75, 3.05) is 26.3 Å². The lowest BCUT2D eigenvalue weighted by Crippen LogP contribution is -2.41. The Morgan fingerprint density at radius 1 is 1.06 bits per heavy atom. The van der Waals surface area contributed by atoms with E-state index in [1.54, 1.807) is 6.20 Å². The number of piperidine rings is 1. The zero-order valence-corrected chi connectivity index (χ0v) is 18.1. The van der Waals surface area contributed by atoms with Crippen LogP contribution in [0.4, 0.5) is 0 Å². The minimum atomic E-state index is -0.0843. The fourth-order valence-corrected chi connectivity index (χ4v) is 4.67. The van der Waals surface area contributed by atoms with Gasteiger partial charge >= 0.3 is 0 Å². The van der Waals surface area contributed by atoms with Crippen molar-refractivity contribution >= 4 is 17.5 Å². The highest BCUT2D eigenvalue weighted by molar-refractivity contribution is 5.94. The molecule has 2 aliphatic heterocycles. The second-order valence-electron chi connectivity index (χ2n) is 8.69. The predicted molar refractivity (Wildman–Crippen MR) is 120 cm³/mol. The topological polar surface area (TPSA) is 75.9 Å². The van der Waals surface area contributed by atoms with E-state index < -0.39 is 0 Å². The van der Waals surface area contributed by atoms with Crippen LogP contribution in [0.1, 0.15) is 46.7 Å². The van der Waals surface area contributed by atoms with Crippen LogP contribution in [-0.4, -0.2) is 52.4 Å². The molecular formula is C25H28N4O3. The number of nitrogens with zero attached hydrogens (tertiary/aromatic N) is 3. The number of hydrogen-bond acceptors (Lipinski definition) is 4. The Morgan fingerprint density at radius 2 is 1.88 bits per heavy atom. The molecule has 2 saturated heterocycles. The monoisotopic (exact) mass is 432 g/mol. The Labute approximate surface area is 187 Å². The van der Waals surface area contributed by atoms with Crippen molar-refractivity contribution in [2.24, 2.45) is 5.92 Å². The lowest BCUT2D eigenvalue weighted by molar-refractivity contribution is -0.136. The van der Waals surface area contributed by atoms with Gasteiger partial charge in [0.1, 0.15) is 5.65 Å². The van der Waals surface area contributed by atoms with Crippen LogP contribution >= 0.6 is 0 Å². The van der Waals surface area contributed by atoms with Crippen LogP contribution < -0.4 is 5.32 Å². The first-order chi connectivity index (χ1) is 15.7. The maximum Gasteiger partial charge on any atom is 0.251 e. The standard InChI is InChI=1S/C25H28N4O3/c30-24(27-16-18-5-10-28-13-9-26-23(28)15-18)21-3-1-19(2-4-21)20-6-11-29(12-7-20)25(31)22-8-14-32-17-22/h1-5,9-10,13,15,20,22H,6-8,11-12,14,16-17H2,(H,27,30)/t22-/m1/s1. The molecule has 1 aromatic carbocycles. The van der Waals surface area contributed by atoms with Gasteiger partial charge in [0, 0.05) is 50.4 Å². The van der Waals surface area contributed by atoms with Crippen LogP contribution in [-0.2, 0) is 16.1 Å². The number of imidazole rings is 1. The van der Waals surface area contributed by atoms with Crippen LogP contribution in [0.5, 0.6) is 0 Å². The number of hydrogen-bond donors (Lipinski definition) is 1. The first-order valence-corrected chi connectivity index (χ1v) is 11.3. The predicted octanol–water partition coefficient (Wildman–Crippen LogP) is 3.01. The number of benzene rings is 1. The summed E-state index contributed by atoms with van der Waals surface area (Å²) in [4.78, 5) is 31.4. The van der Waals surface area contributed by atoms with Crippen LogP contribution in [0, 0.1) is 5.92 Å². The Bertz CT molecular complexity index is 1090. The molecule has 166 valence electrons. The number of carbonyl (C=O) groups excluding carboxylic acids is 2. The molecule has 0 aliphatic carbocycles. The SMILES string of the molecule is O=C(NCc1ccn2ccnc2c1)c1ccc(C2CCN(C(=O)[C@@H]3CCOC3)CC2)cc1. The maximum absolute atomic E-state index is 12.6. The summed E-state index contributed by atoms with van der Waals surface area (Å²) in [6.45, 7) is 3.32. The molecule has 2 aromatic heterocycles. The number of carbonyl (C=O) groups is 2. The van der Waals surface area contributed by atoms with E-state index in [4.69, 9.17) is 4.74 Å². The number of aromatic nitrogens is 2. The van der Waals surface area contributed by atoms with Gasteiger partial charge in [-0.3, -0.25) is 9.59 Å². The smallest absolute Gasteiger partial charge is 0.251 e. The quantitative estimate of drug-likeness (QED) is 0.673. The van der Waals surface area contributed by atoms with E-state index >= 15 is 0 Å². The van der Waals surface area contributed by atoms with Crippen molar-refractivity contribution in [2.45, 2.75) is 31.7 Å². The van der Waals surface area contributed by atoms with Crippen LogP contribution in [0.3, 0.4) is 0 Å². The molecule has 1 atom stereocenters. The number of rotatable bonds is 5. The summed E-state index contributed by atoms with van der Waals surface area (Å²) in [5, 5.41) is 2.99. The van der Waals surface area contributed by atoms with Gasteiger partial charge < -0.3 is 19.4 Å².